The zero-order chi connectivity index (χ0) is 11.7. The third-order valence-electron chi connectivity index (χ3n) is 3.45. The summed E-state index contributed by atoms with van der Waals surface area (Å²) in [6.45, 7) is 3.59. The molecule has 0 aromatic carbocycles. The second kappa shape index (κ2) is 4.53. The van der Waals surface area contributed by atoms with E-state index < -0.39 is 0 Å². The number of fused-ring (bicyclic) bond motifs is 1. The highest BCUT2D eigenvalue weighted by Gasteiger charge is 2.25. The molecule has 0 atom stereocenters. The number of imidazole rings is 1. The van der Waals surface area contributed by atoms with Gasteiger partial charge in [-0.1, -0.05) is 0 Å². The Kier molecular flexibility index (Phi) is 3.28. The lowest BCUT2D eigenvalue weighted by atomic mass is 10.1. The minimum absolute atomic E-state index is 0.00233. The highest BCUT2D eigenvalue weighted by molar-refractivity contribution is 5.19. The molecule has 5 heteroatoms. The van der Waals surface area contributed by atoms with Crippen molar-refractivity contribution in [1.29, 1.82) is 0 Å². The molecule has 0 fully saturated rings. The van der Waals surface area contributed by atoms with Crippen LogP contribution < -0.4 is 0 Å². The van der Waals surface area contributed by atoms with Crippen molar-refractivity contribution in [2.45, 2.75) is 25.9 Å². The molecule has 0 saturated carbocycles. The van der Waals surface area contributed by atoms with Crippen LogP contribution in [-0.4, -0.2) is 50.5 Å². The number of hydrogen-bond acceptors (Lipinski definition) is 4. The van der Waals surface area contributed by atoms with E-state index in [0.29, 0.717) is 0 Å². The Morgan fingerprint density at radius 3 is 2.69 bits per heavy atom. The van der Waals surface area contributed by atoms with Crippen LogP contribution in [0.1, 0.15) is 17.2 Å². The quantitative estimate of drug-likeness (QED) is 0.724. The zero-order valence-corrected chi connectivity index (χ0v) is 9.85. The first-order chi connectivity index (χ1) is 7.67. The van der Waals surface area contributed by atoms with Crippen LogP contribution in [0.5, 0.6) is 0 Å². The maximum absolute atomic E-state index is 9.16. The number of aromatic nitrogens is 2. The molecule has 0 aliphatic carbocycles. The van der Waals surface area contributed by atoms with E-state index in [0.717, 1.165) is 31.0 Å². The van der Waals surface area contributed by atoms with Crippen molar-refractivity contribution in [3.05, 3.63) is 17.2 Å². The van der Waals surface area contributed by atoms with Crippen LogP contribution >= 0.6 is 0 Å². The van der Waals surface area contributed by atoms with Crippen molar-refractivity contribution in [2.24, 2.45) is 7.05 Å². The second-order valence-electron chi connectivity index (χ2n) is 4.35. The van der Waals surface area contributed by atoms with Gasteiger partial charge in [0.05, 0.1) is 24.9 Å². The molecule has 16 heavy (non-hydrogen) atoms. The molecule has 5 nitrogen and oxygen atoms in total. The van der Waals surface area contributed by atoms with Crippen molar-refractivity contribution in [1.82, 2.24) is 14.5 Å². The Bertz CT molecular complexity index is 372. The number of aliphatic hydroxyl groups excluding tert-OH is 2. The van der Waals surface area contributed by atoms with E-state index in [-0.39, 0.29) is 19.3 Å². The van der Waals surface area contributed by atoms with Gasteiger partial charge in [-0.15, -0.1) is 0 Å². The molecule has 1 aliphatic rings. The standard InChI is InChI=1S/C11H19N3O2/c1-8-12-10-5-14(9(6-15)7-16)4-3-11(10)13(8)2/h9,15-16H,3-7H2,1-2H3. The maximum atomic E-state index is 9.16. The molecule has 1 aliphatic heterocycles. The highest BCUT2D eigenvalue weighted by atomic mass is 16.3. The number of nitrogens with zero attached hydrogens (tertiary/aromatic N) is 3. The van der Waals surface area contributed by atoms with Crippen molar-refractivity contribution < 1.29 is 10.2 Å². The van der Waals surface area contributed by atoms with Gasteiger partial charge in [-0.25, -0.2) is 4.98 Å². The Morgan fingerprint density at radius 2 is 2.06 bits per heavy atom. The van der Waals surface area contributed by atoms with Crippen LogP contribution in [0.25, 0.3) is 0 Å². The lowest BCUT2D eigenvalue weighted by molar-refractivity contribution is 0.0637. The molecule has 0 amide bonds. The summed E-state index contributed by atoms with van der Waals surface area (Å²) in [5.74, 6) is 1.02. The van der Waals surface area contributed by atoms with Crippen molar-refractivity contribution in [2.75, 3.05) is 19.8 Å². The van der Waals surface area contributed by atoms with Gasteiger partial charge in [0.1, 0.15) is 5.82 Å². The lowest BCUT2D eigenvalue weighted by Crippen LogP contribution is -2.43. The summed E-state index contributed by atoms with van der Waals surface area (Å²) in [4.78, 5) is 6.60. The molecule has 2 N–H and O–H groups in total. The van der Waals surface area contributed by atoms with Crippen LogP contribution in [0.2, 0.25) is 0 Å². The Hall–Kier alpha value is -0.910. The van der Waals surface area contributed by atoms with E-state index in [1.54, 1.807) is 0 Å². The van der Waals surface area contributed by atoms with E-state index in [1.165, 1.54) is 5.69 Å². The molecule has 0 unspecified atom stereocenters. The molecule has 0 bridgehead atoms. The van der Waals surface area contributed by atoms with E-state index in [2.05, 4.69) is 14.5 Å². The molecule has 2 rings (SSSR count). The van der Waals surface area contributed by atoms with Gasteiger partial charge in [-0.05, 0) is 6.92 Å². The summed E-state index contributed by atoms with van der Waals surface area (Å²) in [5, 5.41) is 18.3. The number of aryl methyl sites for hydroxylation is 1. The Balaban J connectivity index is 2.17. The van der Waals surface area contributed by atoms with Gasteiger partial charge < -0.3 is 14.8 Å². The van der Waals surface area contributed by atoms with Crippen molar-refractivity contribution in [3.8, 4) is 0 Å². The summed E-state index contributed by atoms with van der Waals surface area (Å²) < 4.78 is 2.12. The van der Waals surface area contributed by atoms with Crippen LogP contribution in [0.3, 0.4) is 0 Å². The lowest BCUT2D eigenvalue weighted by Gasteiger charge is -2.32. The highest BCUT2D eigenvalue weighted by Crippen LogP contribution is 2.20. The molecule has 0 spiro atoms. The molecule has 0 saturated heterocycles. The van der Waals surface area contributed by atoms with Gasteiger partial charge in [0, 0.05) is 32.3 Å². The van der Waals surface area contributed by atoms with Gasteiger partial charge in [0.2, 0.25) is 0 Å². The van der Waals surface area contributed by atoms with Gasteiger partial charge in [-0.3, -0.25) is 4.90 Å². The van der Waals surface area contributed by atoms with E-state index in [4.69, 9.17) is 10.2 Å². The van der Waals surface area contributed by atoms with Gasteiger partial charge in [0.15, 0.2) is 0 Å². The fraction of sp³-hybridized carbons (Fsp3) is 0.727. The van der Waals surface area contributed by atoms with E-state index >= 15 is 0 Å². The van der Waals surface area contributed by atoms with Gasteiger partial charge in [0.25, 0.3) is 0 Å². The molecule has 90 valence electrons. The smallest absolute Gasteiger partial charge is 0.105 e. The summed E-state index contributed by atoms with van der Waals surface area (Å²) >= 11 is 0. The normalized spacial score (nSPS) is 16.8. The third-order valence-corrected chi connectivity index (χ3v) is 3.45. The first-order valence-electron chi connectivity index (χ1n) is 5.64. The fourth-order valence-electron chi connectivity index (χ4n) is 2.28. The molecular formula is C11H19N3O2. The van der Waals surface area contributed by atoms with Gasteiger partial charge in [-0.2, -0.15) is 0 Å². The topological polar surface area (TPSA) is 61.5 Å². The molecule has 1 aromatic heterocycles. The SMILES string of the molecule is Cc1nc2c(n1C)CCN(C(CO)CO)C2. The predicted octanol–water partition coefficient (Wildman–Crippen LogP) is -0.560. The fourth-order valence-corrected chi connectivity index (χ4v) is 2.28. The number of rotatable bonds is 3. The summed E-state index contributed by atoms with van der Waals surface area (Å²) in [7, 11) is 2.03. The molecule has 0 radical (unpaired) electrons. The number of hydrogen-bond donors (Lipinski definition) is 2. The Morgan fingerprint density at radius 1 is 1.38 bits per heavy atom. The largest absolute Gasteiger partial charge is 0.395 e. The maximum Gasteiger partial charge on any atom is 0.105 e. The zero-order valence-electron chi connectivity index (χ0n) is 9.85. The minimum Gasteiger partial charge on any atom is -0.395 e. The van der Waals surface area contributed by atoms with Crippen LogP contribution in [0, 0.1) is 6.92 Å². The first-order valence-corrected chi connectivity index (χ1v) is 5.64. The average Bonchev–Trinajstić information content (AvgIpc) is 2.56. The molecular weight excluding hydrogens is 206 g/mol. The average molecular weight is 225 g/mol. The van der Waals surface area contributed by atoms with Gasteiger partial charge >= 0.3 is 0 Å². The van der Waals surface area contributed by atoms with Crippen molar-refractivity contribution in [3.63, 3.8) is 0 Å². The molecule has 2 heterocycles. The summed E-state index contributed by atoms with van der Waals surface area (Å²) in [5.41, 5.74) is 2.36. The van der Waals surface area contributed by atoms with Crippen molar-refractivity contribution >= 4 is 0 Å². The summed E-state index contributed by atoms with van der Waals surface area (Å²) in [6, 6.07) is -0.157. The van der Waals surface area contributed by atoms with Crippen LogP contribution in [0.4, 0.5) is 0 Å². The monoisotopic (exact) mass is 225 g/mol. The molecule has 1 aromatic rings. The Labute approximate surface area is 95.3 Å². The predicted molar refractivity (Wildman–Crippen MR) is 60.0 cm³/mol. The second-order valence-corrected chi connectivity index (χ2v) is 4.35. The van der Waals surface area contributed by atoms with E-state index in [9.17, 15) is 0 Å². The van der Waals surface area contributed by atoms with Crippen LogP contribution in [-0.2, 0) is 20.0 Å². The third kappa shape index (κ3) is 1.86. The number of aliphatic hydroxyl groups is 2. The first kappa shape index (κ1) is 11.6. The van der Waals surface area contributed by atoms with Crippen LogP contribution in [0.15, 0.2) is 0 Å². The summed E-state index contributed by atoms with van der Waals surface area (Å²) in [6.07, 6.45) is 0.934. The minimum atomic E-state index is -0.157. The van der Waals surface area contributed by atoms with E-state index in [1.807, 2.05) is 14.0 Å².